The SMILES string of the molecule is CCCNCc1ccc(-n2cnc3ccccc32)c(C)c1. The van der Waals surface area contributed by atoms with Crippen LogP contribution >= 0.6 is 0 Å². The molecule has 0 amide bonds. The van der Waals surface area contributed by atoms with E-state index in [0.717, 1.165) is 30.5 Å². The van der Waals surface area contributed by atoms with Crippen molar-refractivity contribution >= 4 is 11.0 Å². The quantitative estimate of drug-likeness (QED) is 0.719. The van der Waals surface area contributed by atoms with Crippen LogP contribution < -0.4 is 5.32 Å². The molecule has 3 nitrogen and oxygen atoms in total. The third-order valence-corrected chi connectivity index (χ3v) is 3.73. The van der Waals surface area contributed by atoms with Crippen LogP contribution in [0.15, 0.2) is 48.8 Å². The van der Waals surface area contributed by atoms with Crippen molar-refractivity contribution in [3.63, 3.8) is 0 Å². The van der Waals surface area contributed by atoms with Crippen molar-refractivity contribution in [2.24, 2.45) is 0 Å². The van der Waals surface area contributed by atoms with Crippen LogP contribution in [0.4, 0.5) is 0 Å². The summed E-state index contributed by atoms with van der Waals surface area (Å²) in [4.78, 5) is 4.47. The maximum absolute atomic E-state index is 4.47. The minimum Gasteiger partial charge on any atom is -0.313 e. The average Bonchev–Trinajstić information content (AvgIpc) is 2.92. The van der Waals surface area contributed by atoms with Crippen LogP contribution in [0.1, 0.15) is 24.5 Å². The van der Waals surface area contributed by atoms with Crippen molar-refractivity contribution in [2.75, 3.05) is 6.54 Å². The molecule has 0 saturated heterocycles. The summed E-state index contributed by atoms with van der Waals surface area (Å²) in [5, 5.41) is 3.44. The highest BCUT2D eigenvalue weighted by atomic mass is 15.0. The Balaban J connectivity index is 1.92. The van der Waals surface area contributed by atoms with Gasteiger partial charge in [0.1, 0.15) is 6.33 Å². The molecule has 0 spiro atoms. The summed E-state index contributed by atoms with van der Waals surface area (Å²) in [7, 11) is 0. The number of para-hydroxylation sites is 2. The number of benzene rings is 2. The Morgan fingerprint density at radius 3 is 2.81 bits per heavy atom. The van der Waals surface area contributed by atoms with Gasteiger partial charge in [-0.2, -0.15) is 0 Å². The molecule has 3 aromatic rings. The summed E-state index contributed by atoms with van der Waals surface area (Å²) in [5.41, 5.74) is 5.98. The molecule has 3 heteroatoms. The third-order valence-electron chi connectivity index (χ3n) is 3.73. The zero-order valence-corrected chi connectivity index (χ0v) is 12.6. The fourth-order valence-electron chi connectivity index (χ4n) is 2.66. The van der Waals surface area contributed by atoms with Crippen LogP contribution in [-0.4, -0.2) is 16.1 Å². The standard InChI is InChI=1S/C18H21N3/c1-3-10-19-12-15-8-9-17(14(2)11-15)21-13-20-16-6-4-5-7-18(16)21/h4-9,11,13,19H,3,10,12H2,1-2H3. The number of nitrogens with one attached hydrogen (secondary N) is 1. The minimum absolute atomic E-state index is 0.930. The number of hydrogen-bond donors (Lipinski definition) is 1. The van der Waals surface area contributed by atoms with Gasteiger partial charge < -0.3 is 5.32 Å². The van der Waals surface area contributed by atoms with Crippen LogP contribution in [0.2, 0.25) is 0 Å². The largest absolute Gasteiger partial charge is 0.313 e. The van der Waals surface area contributed by atoms with Gasteiger partial charge in [0.2, 0.25) is 0 Å². The molecule has 2 aromatic carbocycles. The van der Waals surface area contributed by atoms with Gasteiger partial charge in [0, 0.05) is 6.54 Å². The second kappa shape index (κ2) is 6.10. The summed E-state index contributed by atoms with van der Waals surface area (Å²) in [6.45, 7) is 6.34. The van der Waals surface area contributed by atoms with E-state index < -0.39 is 0 Å². The Morgan fingerprint density at radius 1 is 1.14 bits per heavy atom. The van der Waals surface area contributed by atoms with Crippen LogP contribution in [0.3, 0.4) is 0 Å². The highest BCUT2D eigenvalue weighted by Gasteiger charge is 2.07. The highest BCUT2D eigenvalue weighted by Crippen LogP contribution is 2.21. The number of aromatic nitrogens is 2. The first kappa shape index (κ1) is 13.8. The zero-order chi connectivity index (χ0) is 14.7. The van der Waals surface area contributed by atoms with Crippen LogP contribution in [-0.2, 0) is 6.54 Å². The predicted octanol–water partition coefficient (Wildman–Crippen LogP) is 3.83. The van der Waals surface area contributed by atoms with Crippen molar-refractivity contribution in [2.45, 2.75) is 26.8 Å². The predicted molar refractivity (Wildman–Crippen MR) is 87.8 cm³/mol. The fraction of sp³-hybridized carbons (Fsp3) is 0.278. The molecule has 0 aliphatic heterocycles. The molecule has 0 saturated carbocycles. The number of fused-ring (bicyclic) bond motifs is 1. The summed E-state index contributed by atoms with van der Waals surface area (Å²) >= 11 is 0. The highest BCUT2D eigenvalue weighted by molar-refractivity contribution is 5.77. The minimum atomic E-state index is 0.930. The monoisotopic (exact) mass is 279 g/mol. The Kier molecular flexibility index (Phi) is 4.02. The first-order chi connectivity index (χ1) is 10.3. The van der Waals surface area contributed by atoms with Crippen molar-refractivity contribution in [3.8, 4) is 5.69 Å². The lowest BCUT2D eigenvalue weighted by Crippen LogP contribution is -2.14. The first-order valence-corrected chi connectivity index (χ1v) is 7.52. The van der Waals surface area contributed by atoms with Gasteiger partial charge in [0.25, 0.3) is 0 Å². The zero-order valence-electron chi connectivity index (χ0n) is 12.6. The lowest BCUT2D eigenvalue weighted by atomic mass is 10.1. The van der Waals surface area contributed by atoms with Gasteiger partial charge in [-0.05, 0) is 49.2 Å². The lowest BCUT2D eigenvalue weighted by molar-refractivity contribution is 0.675. The summed E-state index contributed by atoms with van der Waals surface area (Å²) in [5.74, 6) is 0. The number of imidazole rings is 1. The van der Waals surface area contributed by atoms with Gasteiger partial charge in [0.05, 0.1) is 16.7 Å². The first-order valence-electron chi connectivity index (χ1n) is 7.52. The van der Waals surface area contributed by atoms with Crippen LogP contribution in [0.25, 0.3) is 16.7 Å². The summed E-state index contributed by atoms with van der Waals surface area (Å²) in [6, 6.07) is 14.9. The van der Waals surface area contributed by atoms with Gasteiger partial charge in [-0.3, -0.25) is 4.57 Å². The Morgan fingerprint density at radius 2 is 2.00 bits per heavy atom. The normalized spacial score (nSPS) is 11.1. The van der Waals surface area contributed by atoms with Crippen LogP contribution in [0, 0.1) is 6.92 Å². The lowest BCUT2D eigenvalue weighted by Gasteiger charge is -2.11. The second-order valence-electron chi connectivity index (χ2n) is 5.40. The number of aryl methyl sites for hydroxylation is 1. The van der Waals surface area contributed by atoms with Gasteiger partial charge in [-0.25, -0.2) is 4.98 Å². The molecule has 0 aliphatic carbocycles. The van der Waals surface area contributed by atoms with E-state index >= 15 is 0 Å². The molecule has 0 unspecified atom stereocenters. The number of nitrogens with zero attached hydrogens (tertiary/aromatic N) is 2. The maximum atomic E-state index is 4.47. The topological polar surface area (TPSA) is 29.9 Å². The average molecular weight is 279 g/mol. The molecule has 0 bridgehead atoms. The molecule has 0 aliphatic rings. The second-order valence-corrected chi connectivity index (χ2v) is 5.40. The molecule has 1 aromatic heterocycles. The molecular weight excluding hydrogens is 258 g/mol. The van der Waals surface area contributed by atoms with E-state index in [1.54, 1.807) is 0 Å². The molecule has 3 rings (SSSR count). The Bertz CT molecular complexity index is 743. The Hall–Kier alpha value is -2.13. The smallest absolute Gasteiger partial charge is 0.100 e. The molecule has 0 radical (unpaired) electrons. The molecule has 21 heavy (non-hydrogen) atoms. The molecular formula is C18H21N3. The van der Waals surface area contributed by atoms with E-state index in [1.807, 2.05) is 18.5 Å². The van der Waals surface area contributed by atoms with Gasteiger partial charge in [0.15, 0.2) is 0 Å². The fourth-order valence-corrected chi connectivity index (χ4v) is 2.66. The number of hydrogen-bond acceptors (Lipinski definition) is 2. The van der Waals surface area contributed by atoms with E-state index in [1.165, 1.54) is 16.8 Å². The maximum Gasteiger partial charge on any atom is 0.100 e. The summed E-state index contributed by atoms with van der Waals surface area (Å²) in [6.07, 6.45) is 3.07. The van der Waals surface area contributed by atoms with E-state index in [2.05, 4.69) is 59.0 Å². The molecule has 108 valence electrons. The number of rotatable bonds is 5. The van der Waals surface area contributed by atoms with Crippen molar-refractivity contribution in [1.82, 2.24) is 14.9 Å². The molecule has 0 atom stereocenters. The molecule has 1 N–H and O–H groups in total. The van der Waals surface area contributed by atoms with Crippen molar-refractivity contribution in [1.29, 1.82) is 0 Å². The molecule has 1 heterocycles. The van der Waals surface area contributed by atoms with Crippen LogP contribution in [0.5, 0.6) is 0 Å². The van der Waals surface area contributed by atoms with E-state index in [0.29, 0.717) is 0 Å². The van der Waals surface area contributed by atoms with Crippen molar-refractivity contribution < 1.29 is 0 Å². The van der Waals surface area contributed by atoms with E-state index in [4.69, 9.17) is 0 Å². The molecule has 0 fully saturated rings. The van der Waals surface area contributed by atoms with Gasteiger partial charge in [-0.15, -0.1) is 0 Å². The van der Waals surface area contributed by atoms with E-state index in [9.17, 15) is 0 Å². The van der Waals surface area contributed by atoms with E-state index in [-0.39, 0.29) is 0 Å². The van der Waals surface area contributed by atoms with Gasteiger partial charge in [-0.1, -0.05) is 31.2 Å². The Labute approximate surface area is 125 Å². The van der Waals surface area contributed by atoms with Gasteiger partial charge >= 0.3 is 0 Å². The third kappa shape index (κ3) is 2.83. The van der Waals surface area contributed by atoms with Crippen molar-refractivity contribution in [3.05, 3.63) is 59.9 Å². The summed E-state index contributed by atoms with van der Waals surface area (Å²) < 4.78 is 2.16.